The summed E-state index contributed by atoms with van der Waals surface area (Å²) in [5, 5.41) is 14.6. The van der Waals surface area contributed by atoms with Crippen LogP contribution < -0.4 is 16.2 Å². The number of hydrogen-bond acceptors (Lipinski definition) is 6. The van der Waals surface area contributed by atoms with Crippen molar-refractivity contribution in [3.05, 3.63) is 38.4 Å². The largest absolute Gasteiger partial charge is 0.465 e. The molecule has 0 radical (unpaired) electrons. The monoisotopic (exact) mass is 490 g/mol. The third kappa shape index (κ3) is 3.19. The van der Waals surface area contributed by atoms with Gasteiger partial charge in [0.15, 0.2) is 16.6 Å². The van der Waals surface area contributed by atoms with Crippen LogP contribution in [0.5, 0.6) is 0 Å². The number of carboxylic acid groups (broad SMARTS) is 1. The molecule has 10 nitrogen and oxygen atoms in total. The normalized spacial score (nSPS) is 17.5. The number of aryl methyl sites for hydroxylation is 1. The number of benzene rings is 1. The fourth-order valence-corrected chi connectivity index (χ4v) is 4.25. The van der Waals surface area contributed by atoms with Crippen LogP contribution in [0.3, 0.4) is 0 Å². The van der Waals surface area contributed by atoms with Crippen molar-refractivity contribution in [1.82, 2.24) is 20.2 Å². The van der Waals surface area contributed by atoms with Crippen molar-refractivity contribution in [2.45, 2.75) is 37.9 Å². The standard InChI is InChI=1S/C20H19BrN4O6/c1-9-12(21)5-4-11-15(9)25(10-2-3-10)17(26)14-16(11)31-13(23-14)6-22-18(27)20(7-30-8-20)24-19(28)29/h4-5,10,24H,2-3,6-8H2,1H3,(H,22,27)(H,28,29). The first-order valence-corrected chi connectivity index (χ1v) is 10.6. The minimum Gasteiger partial charge on any atom is -0.465 e. The highest BCUT2D eigenvalue weighted by Gasteiger charge is 2.47. The molecule has 1 aromatic carbocycles. The summed E-state index contributed by atoms with van der Waals surface area (Å²) in [6.07, 6.45) is 0.566. The molecular formula is C20H19BrN4O6. The van der Waals surface area contributed by atoms with Gasteiger partial charge in [0.05, 0.1) is 25.3 Å². The van der Waals surface area contributed by atoms with E-state index >= 15 is 0 Å². The molecule has 0 spiro atoms. The molecule has 1 aliphatic carbocycles. The summed E-state index contributed by atoms with van der Waals surface area (Å²) in [6, 6.07) is 3.94. The molecule has 2 amide bonds. The molecule has 31 heavy (non-hydrogen) atoms. The number of nitrogens with one attached hydrogen (secondary N) is 2. The zero-order chi connectivity index (χ0) is 21.9. The van der Waals surface area contributed by atoms with Crippen LogP contribution in [-0.4, -0.2) is 45.4 Å². The minimum absolute atomic E-state index is 0.0520. The number of ether oxygens (including phenoxy) is 1. The molecule has 1 aliphatic heterocycles. The number of nitrogens with zero attached hydrogens (tertiary/aromatic N) is 2. The third-order valence-electron chi connectivity index (χ3n) is 5.73. The molecule has 0 atom stereocenters. The predicted octanol–water partition coefficient (Wildman–Crippen LogP) is 2.20. The van der Waals surface area contributed by atoms with Crippen LogP contribution in [-0.2, 0) is 16.1 Å². The number of hydrogen-bond donors (Lipinski definition) is 3. The Kier molecular flexibility index (Phi) is 4.56. The number of halogens is 1. The Hall–Kier alpha value is -2.92. The van der Waals surface area contributed by atoms with Crippen LogP contribution in [0.15, 0.2) is 25.8 Å². The Morgan fingerprint density at radius 1 is 1.35 bits per heavy atom. The van der Waals surface area contributed by atoms with Crippen LogP contribution in [0.4, 0.5) is 4.79 Å². The molecule has 1 saturated carbocycles. The summed E-state index contributed by atoms with van der Waals surface area (Å²) >= 11 is 3.54. The summed E-state index contributed by atoms with van der Waals surface area (Å²) in [6.45, 7) is 1.76. The number of aromatic nitrogens is 2. The Morgan fingerprint density at radius 2 is 2.10 bits per heavy atom. The van der Waals surface area contributed by atoms with Crippen LogP contribution in [0, 0.1) is 6.92 Å². The molecule has 2 fully saturated rings. The lowest BCUT2D eigenvalue weighted by molar-refractivity contribution is -0.147. The fourth-order valence-electron chi connectivity index (χ4n) is 3.93. The summed E-state index contributed by atoms with van der Waals surface area (Å²) in [4.78, 5) is 41.1. The van der Waals surface area contributed by atoms with E-state index in [-0.39, 0.29) is 42.8 Å². The summed E-state index contributed by atoms with van der Waals surface area (Å²) in [5.41, 5.74) is 0.813. The van der Waals surface area contributed by atoms with Crippen molar-refractivity contribution in [1.29, 1.82) is 0 Å². The second kappa shape index (κ2) is 7.06. The lowest BCUT2D eigenvalue weighted by atomic mass is 9.96. The van der Waals surface area contributed by atoms with E-state index in [4.69, 9.17) is 14.3 Å². The molecule has 0 unspecified atom stereocenters. The Bertz CT molecular complexity index is 1300. The van der Waals surface area contributed by atoms with E-state index in [0.29, 0.717) is 5.58 Å². The zero-order valence-electron chi connectivity index (χ0n) is 16.5. The van der Waals surface area contributed by atoms with Crippen molar-refractivity contribution in [2.75, 3.05) is 13.2 Å². The molecule has 3 aromatic rings. The first-order chi connectivity index (χ1) is 14.8. The summed E-state index contributed by atoms with van der Waals surface area (Å²) in [7, 11) is 0. The van der Waals surface area contributed by atoms with Gasteiger partial charge in [-0.25, -0.2) is 9.78 Å². The third-order valence-corrected chi connectivity index (χ3v) is 6.59. The van der Waals surface area contributed by atoms with Gasteiger partial charge in [0.1, 0.15) is 0 Å². The van der Waals surface area contributed by atoms with Gasteiger partial charge in [-0.05, 0) is 37.5 Å². The Balaban J connectivity index is 1.52. The second-order valence-corrected chi connectivity index (χ2v) is 8.80. The molecular weight excluding hydrogens is 472 g/mol. The van der Waals surface area contributed by atoms with Gasteiger partial charge in [-0.3, -0.25) is 9.59 Å². The van der Waals surface area contributed by atoms with Crippen LogP contribution >= 0.6 is 15.9 Å². The number of fused-ring (bicyclic) bond motifs is 3. The van der Waals surface area contributed by atoms with E-state index < -0.39 is 17.5 Å². The maximum absolute atomic E-state index is 13.2. The lowest BCUT2D eigenvalue weighted by Crippen LogP contribution is -2.69. The summed E-state index contributed by atoms with van der Waals surface area (Å²) in [5.74, 6) is -0.370. The fraction of sp³-hybridized carbons (Fsp3) is 0.400. The van der Waals surface area contributed by atoms with Gasteiger partial charge in [0.2, 0.25) is 5.89 Å². The highest BCUT2D eigenvalue weighted by molar-refractivity contribution is 9.10. The van der Waals surface area contributed by atoms with Crippen molar-refractivity contribution in [3.63, 3.8) is 0 Å². The number of carbonyl (C=O) groups is 2. The van der Waals surface area contributed by atoms with Crippen LogP contribution in [0.2, 0.25) is 0 Å². The maximum Gasteiger partial charge on any atom is 0.405 e. The quantitative estimate of drug-likeness (QED) is 0.498. The van der Waals surface area contributed by atoms with Gasteiger partial charge in [0.25, 0.3) is 11.5 Å². The number of pyridine rings is 1. The van der Waals surface area contributed by atoms with E-state index in [9.17, 15) is 14.4 Å². The highest BCUT2D eigenvalue weighted by Crippen LogP contribution is 2.39. The highest BCUT2D eigenvalue weighted by atomic mass is 79.9. The SMILES string of the molecule is Cc1c(Br)ccc2c3oc(CNC(=O)C4(NC(=O)O)COC4)nc3c(=O)n(C3CC3)c12. The van der Waals surface area contributed by atoms with Crippen molar-refractivity contribution in [3.8, 4) is 0 Å². The topological polar surface area (TPSA) is 136 Å². The van der Waals surface area contributed by atoms with E-state index in [1.807, 2.05) is 19.1 Å². The number of amides is 2. The smallest absolute Gasteiger partial charge is 0.405 e. The van der Waals surface area contributed by atoms with E-state index in [2.05, 4.69) is 31.5 Å². The zero-order valence-corrected chi connectivity index (χ0v) is 18.1. The molecule has 5 rings (SSSR count). The maximum atomic E-state index is 13.2. The number of rotatable bonds is 5. The van der Waals surface area contributed by atoms with E-state index in [1.165, 1.54) is 0 Å². The first kappa shape index (κ1) is 20.0. The van der Waals surface area contributed by atoms with Crippen molar-refractivity contribution >= 4 is 49.9 Å². The summed E-state index contributed by atoms with van der Waals surface area (Å²) < 4.78 is 13.6. The van der Waals surface area contributed by atoms with Crippen LogP contribution in [0.1, 0.15) is 30.3 Å². The molecule has 3 heterocycles. The average Bonchev–Trinajstić information content (AvgIpc) is 3.44. The minimum atomic E-state index is -1.33. The predicted molar refractivity (Wildman–Crippen MR) is 113 cm³/mol. The van der Waals surface area contributed by atoms with Crippen molar-refractivity contribution < 1.29 is 23.8 Å². The molecule has 2 aliphatic rings. The van der Waals surface area contributed by atoms with Gasteiger partial charge < -0.3 is 29.5 Å². The van der Waals surface area contributed by atoms with Gasteiger partial charge in [-0.15, -0.1) is 0 Å². The van der Waals surface area contributed by atoms with Crippen LogP contribution in [0.25, 0.3) is 22.0 Å². The Morgan fingerprint density at radius 3 is 2.71 bits per heavy atom. The molecule has 162 valence electrons. The molecule has 11 heteroatoms. The van der Waals surface area contributed by atoms with E-state index in [0.717, 1.165) is 33.8 Å². The van der Waals surface area contributed by atoms with Gasteiger partial charge in [-0.2, -0.15) is 0 Å². The van der Waals surface area contributed by atoms with Gasteiger partial charge >= 0.3 is 6.09 Å². The second-order valence-electron chi connectivity index (χ2n) is 7.95. The molecule has 2 aromatic heterocycles. The van der Waals surface area contributed by atoms with E-state index in [1.54, 1.807) is 4.57 Å². The average molecular weight is 491 g/mol. The molecule has 1 saturated heterocycles. The first-order valence-electron chi connectivity index (χ1n) is 9.80. The number of oxazole rings is 1. The van der Waals surface area contributed by atoms with Crippen molar-refractivity contribution in [2.24, 2.45) is 0 Å². The Labute approximate surface area is 183 Å². The number of carbonyl (C=O) groups excluding carboxylic acids is 1. The lowest BCUT2D eigenvalue weighted by Gasteiger charge is -2.39. The molecule has 0 bridgehead atoms. The molecule has 3 N–H and O–H groups in total. The van der Waals surface area contributed by atoms with Gasteiger partial charge in [0, 0.05) is 15.9 Å². The van der Waals surface area contributed by atoms with Gasteiger partial charge in [-0.1, -0.05) is 15.9 Å².